The largest absolute Gasteiger partial charge is 0.339 e. The van der Waals surface area contributed by atoms with Crippen LogP contribution in [0.2, 0.25) is 0 Å². The Bertz CT molecular complexity index is 1300. The Morgan fingerprint density at radius 3 is 2.42 bits per heavy atom. The van der Waals surface area contributed by atoms with Crippen LogP contribution in [0.5, 0.6) is 0 Å². The molecule has 1 aliphatic rings. The van der Waals surface area contributed by atoms with Crippen LogP contribution in [0.25, 0.3) is 11.4 Å². The minimum Gasteiger partial charge on any atom is -0.339 e. The normalized spacial score (nSPS) is 15.5. The van der Waals surface area contributed by atoms with Crippen molar-refractivity contribution in [3.63, 3.8) is 0 Å². The Morgan fingerprint density at radius 1 is 1.09 bits per heavy atom. The molecule has 0 atom stereocenters. The van der Waals surface area contributed by atoms with Gasteiger partial charge in [-0.05, 0) is 56.0 Å². The van der Waals surface area contributed by atoms with Gasteiger partial charge in [0.15, 0.2) is 0 Å². The van der Waals surface area contributed by atoms with Crippen LogP contribution in [0.15, 0.2) is 45.8 Å². The fraction of sp³-hybridized carbons (Fsp3) is 0.348. The molecule has 1 aromatic heterocycles. The van der Waals surface area contributed by atoms with E-state index in [9.17, 15) is 17.6 Å². The van der Waals surface area contributed by atoms with Gasteiger partial charge in [0, 0.05) is 37.2 Å². The second-order valence-corrected chi connectivity index (χ2v) is 10.2. The Kier molecular flexibility index (Phi) is 6.31. The fourth-order valence-electron chi connectivity index (χ4n) is 3.85. The first kappa shape index (κ1) is 23.1. The van der Waals surface area contributed by atoms with Gasteiger partial charge in [0.1, 0.15) is 5.82 Å². The maximum Gasteiger partial charge on any atom is 0.243 e. The molecule has 0 spiro atoms. The number of nitrogens with zero attached hydrogens (tertiary/aromatic N) is 3. The molecule has 4 rings (SSSR count). The van der Waals surface area contributed by atoms with Crippen LogP contribution in [0.4, 0.5) is 10.1 Å². The van der Waals surface area contributed by atoms with Crippen molar-refractivity contribution in [2.24, 2.45) is 5.92 Å². The molecule has 0 bridgehead atoms. The summed E-state index contributed by atoms with van der Waals surface area (Å²) in [6.07, 6.45) is 0.754. The van der Waals surface area contributed by atoms with Crippen molar-refractivity contribution >= 4 is 21.6 Å². The van der Waals surface area contributed by atoms with Crippen LogP contribution in [0.1, 0.15) is 29.9 Å². The molecular formula is C23H25FN4O4S. The molecule has 1 aliphatic heterocycles. The predicted molar refractivity (Wildman–Crippen MR) is 120 cm³/mol. The van der Waals surface area contributed by atoms with Crippen molar-refractivity contribution in [3.8, 4) is 11.4 Å². The van der Waals surface area contributed by atoms with Gasteiger partial charge in [0.2, 0.25) is 27.6 Å². The lowest BCUT2D eigenvalue weighted by atomic mass is 9.97. The van der Waals surface area contributed by atoms with Crippen molar-refractivity contribution in [3.05, 3.63) is 59.2 Å². The van der Waals surface area contributed by atoms with E-state index in [-0.39, 0.29) is 35.6 Å². The van der Waals surface area contributed by atoms with Gasteiger partial charge in [-0.2, -0.15) is 9.29 Å². The van der Waals surface area contributed by atoms with E-state index in [2.05, 4.69) is 15.5 Å². The highest BCUT2D eigenvalue weighted by molar-refractivity contribution is 7.89. The lowest BCUT2D eigenvalue weighted by Crippen LogP contribution is -2.41. The van der Waals surface area contributed by atoms with Crippen molar-refractivity contribution in [1.29, 1.82) is 0 Å². The van der Waals surface area contributed by atoms with E-state index in [1.54, 1.807) is 51.1 Å². The number of aromatic nitrogens is 2. The van der Waals surface area contributed by atoms with Crippen molar-refractivity contribution in [1.82, 2.24) is 14.4 Å². The smallest absolute Gasteiger partial charge is 0.243 e. The molecule has 8 nitrogen and oxygen atoms in total. The van der Waals surface area contributed by atoms with Crippen LogP contribution in [0.3, 0.4) is 0 Å². The number of carbonyl (C=O) groups excluding carboxylic acids is 1. The summed E-state index contributed by atoms with van der Waals surface area (Å²) < 4.78 is 46.9. The lowest BCUT2D eigenvalue weighted by Gasteiger charge is -2.31. The van der Waals surface area contributed by atoms with E-state index < -0.39 is 10.0 Å². The minimum atomic E-state index is -3.77. The first-order valence-corrected chi connectivity index (χ1v) is 12.1. The average molecular weight is 473 g/mol. The number of rotatable bonds is 5. The van der Waals surface area contributed by atoms with E-state index in [0.29, 0.717) is 46.9 Å². The minimum absolute atomic E-state index is 0.181. The van der Waals surface area contributed by atoms with Crippen molar-refractivity contribution in [2.45, 2.75) is 38.5 Å². The van der Waals surface area contributed by atoms with Crippen LogP contribution < -0.4 is 5.32 Å². The molecule has 0 aliphatic carbocycles. The highest BCUT2D eigenvalue weighted by atomic mass is 32.2. The zero-order chi connectivity index (χ0) is 23.8. The number of sulfonamides is 1. The number of aryl methyl sites for hydroxylation is 3. The van der Waals surface area contributed by atoms with Gasteiger partial charge in [-0.3, -0.25) is 4.79 Å². The summed E-state index contributed by atoms with van der Waals surface area (Å²) in [5.74, 6) is -0.255. The molecule has 174 valence electrons. The maximum atomic E-state index is 13.7. The topological polar surface area (TPSA) is 105 Å². The molecule has 33 heavy (non-hydrogen) atoms. The number of hydrogen-bond donors (Lipinski definition) is 1. The van der Waals surface area contributed by atoms with Crippen LogP contribution in [-0.2, 0) is 14.8 Å². The highest BCUT2D eigenvalue weighted by Crippen LogP contribution is 2.29. The number of anilines is 1. The van der Waals surface area contributed by atoms with E-state index in [4.69, 9.17) is 4.52 Å². The maximum absolute atomic E-state index is 13.7. The van der Waals surface area contributed by atoms with Crippen LogP contribution in [-0.4, -0.2) is 41.9 Å². The number of benzene rings is 2. The summed E-state index contributed by atoms with van der Waals surface area (Å²) >= 11 is 0. The molecule has 10 heteroatoms. The summed E-state index contributed by atoms with van der Waals surface area (Å²) in [5.41, 5.74) is 2.05. The number of amides is 1. The summed E-state index contributed by atoms with van der Waals surface area (Å²) in [6, 6.07) is 9.56. The van der Waals surface area contributed by atoms with E-state index >= 15 is 0 Å². The highest BCUT2D eigenvalue weighted by Gasteiger charge is 2.33. The molecule has 1 fully saturated rings. The van der Waals surface area contributed by atoms with Gasteiger partial charge in [-0.25, -0.2) is 12.8 Å². The number of nitrogens with one attached hydrogen (secondary N) is 1. The standard InChI is InChI=1S/C23H25FN4O4S/c1-14-5-7-19(13-20(14)24)26-23(29)17-8-10-28(11-9-17)33(30,31)21-12-18(6-4-15(21)2)22-25-16(3)32-27-22/h4-7,12-13,17H,8-11H2,1-3H3,(H,26,29). The summed E-state index contributed by atoms with van der Waals surface area (Å²) in [5, 5.41) is 6.59. The second kappa shape index (κ2) is 9.03. The Balaban J connectivity index is 1.45. The zero-order valence-corrected chi connectivity index (χ0v) is 19.4. The molecular weight excluding hydrogens is 447 g/mol. The fourth-order valence-corrected chi connectivity index (χ4v) is 5.57. The van der Waals surface area contributed by atoms with Crippen LogP contribution >= 0.6 is 0 Å². The zero-order valence-electron chi connectivity index (χ0n) is 18.6. The van der Waals surface area contributed by atoms with Gasteiger partial charge in [0.25, 0.3) is 0 Å². The monoisotopic (exact) mass is 472 g/mol. The number of halogens is 1. The first-order valence-electron chi connectivity index (χ1n) is 10.6. The molecule has 0 radical (unpaired) electrons. The Labute approximate surface area is 191 Å². The van der Waals surface area contributed by atoms with Crippen molar-refractivity contribution in [2.75, 3.05) is 18.4 Å². The van der Waals surface area contributed by atoms with Gasteiger partial charge in [-0.1, -0.05) is 23.4 Å². The Hall–Kier alpha value is -3.11. The summed E-state index contributed by atoms with van der Waals surface area (Å²) in [7, 11) is -3.77. The number of hydrogen-bond acceptors (Lipinski definition) is 6. The molecule has 3 aromatic rings. The van der Waals surface area contributed by atoms with Gasteiger partial charge >= 0.3 is 0 Å². The average Bonchev–Trinajstić information content (AvgIpc) is 3.23. The molecule has 2 heterocycles. The quantitative estimate of drug-likeness (QED) is 0.605. The number of piperidine rings is 1. The molecule has 1 N–H and O–H groups in total. The first-order chi connectivity index (χ1) is 15.6. The number of carbonyl (C=O) groups is 1. The Morgan fingerprint density at radius 2 is 1.79 bits per heavy atom. The van der Waals surface area contributed by atoms with Crippen LogP contribution in [0, 0.1) is 32.5 Å². The molecule has 0 unspecified atom stereocenters. The molecule has 2 aromatic carbocycles. The third kappa shape index (κ3) is 4.81. The molecule has 1 saturated heterocycles. The summed E-state index contributed by atoms with van der Waals surface area (Å²) in [4.78, 5) is 17.0. The molecule has 0 saturated carbocycles. The third-order valence-electron chi connectivity index (χ3n) is 5.86. The van der Waals surface area contributed by atoms with E-state index in [0.717, 1.165) is 0 Å². The molecule has 1 amide bonds. The van der Waals surface area contributed by atoms with Gasteiger partial charge < -0.3 is 9.84 Å². The van der Waals surface area contributed by atoms with E-state index in [1.165, 1.54) is 10.4 Å². The van der Waals surface area contributed by atoms with Crippen molar-refractivity contribution < 1.29 is 22.1 Å². The van der Waals surface area contributed by atoms with Gasteiger partial charge in [-0.15, -0.1) is 0 Å². The third-order valence-corrected chi connectivity index (χ3v) is 7.90. The lowest BCUT2D eigenvalue weighted by molar-refractivity contribution is -0.120. The summed E-state index contributed by atoms with van der Waals surface area (Å²) in [6.45, 7) is 5.48. The SMILES string of the molecule is Cc1nc(-c2ccc(C)c(S(=O)(=O)N3CCC(C(=O)Nc4ccc(C)c(F)c4)CC3)c2)no1. The second-order valence-electron chi connectivity index (χ2n) is 8.25. The van der Waals surface area contributed by atoms with E-state index in [1.807, 2.05) is 0 Å². The predicted octanol–water partition coefficient (Wildman–Crippen LogP) is 3.84. The van der Waals surface area contributed by atoms with Gasteiger partial charge in [0.05, 0.1) is 4.90 Å².